The highest BCUT2D eigenvalue weighted by Gasteiger charge is 2.22. The Kier molecular flexibility index (Phi) is 8.29. The largest absolute Gasteiger partial charge is 0.491 e. The minimum Gasteiger partial charge on any atom is -0.491 e. The smallest absolute Gasteiger partial charge is 0.270 e. The molecule has 1 saturated heterocycles. The maximum atomic E-state index is 13.3. The Labute approximate surface area is 192 Å². The summed E-state index contributed by atoms with van der Waals surface area (Å²) in [7, 11) is 0. The second-order valence-electron chi connectivity index (χ2n) is 7.96. The molecule has 2 aromatic carbocycles. The van der Waals surface area contributed by atoms with Crippen LogP contribution in [0.5, 0.6) is 5.75 Å². The lowest BCUT2D eigenvalue weighted by molar-refractivity contribution is -0.127. The SMILES string of the molecule is CC(C)Oc1ccc(/C=C(\NC(=O)c2cccc(Br)c2)C(=O)N2CCCCCC2)cc1. The molecule has 2 aromatic rings. The molecule has 6 heteroatoms. The second-order valence-corrected chi connectivity index (χ2v) is 8.88. The Morgan fingerprint density at radius 1 is 1.03 bits per heavy atom. The summed E-state index contributed by atoms with van der Waals surface area (Å²) in [5.74, 6) is 0.314. The van der Waals surface area contributed by atoms with Crippen molar-refractivity contribution in [1.82, 2.24) is 10.2 Å². The zero-order chi connectivity index (χ0) is 22.2. The van der Waals surface area contributed by atoms with E-state index in [1.54, 1.807) is 24.3 Å². The van der Waals surface area contributed by atoms with Crippen LogP contribution < -0.4 is 10.1 Å². The molecule has 1 fully saturated rings. The molecule has 0 spiro atoms. The predicted octanol–water partition coefficient (Wildman–Crippen LogP) is 5.41. The van der Waals surface area contributed by atoms with Gasteiger partial charge in [-0.1, -0.05) is 47.0 Å². The molecular weight excluding hydrogens is 456 g/mol. The van der Waals surface area contributed by atoms with Crippen molar-refractivity contribution >= 4 is 33.8 Å². The molecule has 164 valence electrons. The third-order valence-electron chi connectivity index (χ3n) is 5.02. The molecule has 0 radical (unpaired) electrons. The van der Waals surface area contributed by atoms with Crippen LogP contribution in [0.2, 0.25) is 0 Å². The van der Waals surface area contributed by atoms with Crippen molar-refractivity contribution in [1.29, 1.82) is 0 Å². The van der Waals surface area contributed by atoms with Crippen LogP contribution in [0.1, 0.15) is 55.5 Å². The lowest BCUT2D eigenvalue weighted by atomic mass is 10.1. The molecule has 2 amide bonds. The topological polar surface area (TPSA) is 58.6 Å². The first-order valence-corrected chi connectivity index (χ1v) is 11.6. The zero-order valence-corrected chi connectivity index (χ0v) is 19.7. The average molecular weight is 485 g/mol. The highest BCUT2D eigenvalue weighted by molar-refractivity contribution is 9.10. The van der Waals surface area contributed by atoms with Gasteiger partial charge in [0.05, 0.1) is 6.10 Å². The van der Waals surface area contributed by atoms with Crippen molar-refractivity contribution in [3.8, 4) is 5.75 Å². The summed E-state index contributed by atoms with van der Waals surface area (Å²) in [6.07, 6.45) is 6.06. The molecule has 5 nitrogen and oxygen atoms in total. The molecular formula is C25H29BrN2O3. The fourth-order valence-electron chi connectivity index (χ4n) is 3.50. The summed E-state index contributed by atoms with van der Waals surface area (Å²) in [6.45, 7) is 5.38. The number of nitrogens with one attached hydrogen (secondary N) is 1. The van der Waals surface area contributed by atoms with Crippen LogP contribution in [0, 0.1) is 0 Å². The molecule has 0 saturated carbocycles. The highest BCUT2D eigenvalue weighted by Crippen LogP contribution is 2.18. The zero-order valence-electron chi connectivity index (χ0n) is 18.1. The van der Waals surface area contributed by atoms with E-state index >= 15 is 0 Å². The van der Waals surface area contributed by atoms with Gasteiger partial charge in [0, 0.05) is 23.1 Å². The van der Waals surface area contributed by atoms with Gasteiger partial charge in [-0.2, -0.15) is 0 Å². The van der Waals surface area contributed by atoms with Crippen molar-refractivity contribution in [3.05, 3.63) is 69.8 Å². The molecule has 1 N–H and O–H groups in total. The van der Waals surface area contributed by atoms with Crippen molar-refractivity contribution in [2.45, 2.75) is 45.6 Å². The third kappa shape index (κ3) is 6.96. The second kappa shape index (κ2) is 11.1. The van der Waals surface area contributed by atoms with Crippen LogP contribution in [0.3, 0.4) is 0 Å². The van der Waals surface area contributed by atoms with Crippen LogP contribution >= 0.6 is 15.9 Å². The van der Waals surface area contributed by atoms with Crippen LogP contribution in [0.15, 0.2) is 58.7 Å². The molecule has 0 atom stereocenters. The first-order chi connectivity index (χ1) is 14.9. The number of rotatable bonds is 6. The van der Waals surface area contributed by atoms with Crippen LogP contribution in [0.25, 0.3) is 6.08 Å². The predicted molar refractivity (Wildman–Crippen MR) is 127 cm³/mol. The molecule has 31 heavy (non-hydrogen) atoms. The van der Waals surface area contributed by atoms with Crippen LogP contribution in [0.4, 0.5) is 0 Å². The van der Waals surface area contributed by atoms with E-state index in [2.05, 4.69) is 21.2 Å². The Hall–Kier alpha value is -2.60. The highest BCUT2D eigenvalue weighted by atomic mass is 79.9. The molecule has 0 aromatic heterocycles. The normalized spacial score (nSPS) is 14.8. The minimum absolute atomic E-state index is 0.0889. The molecule has 1 heterocycles. The summed E-state index contributed by atoms with van der Waals surface area (Å²) in [5.41, 5.74) is 1.60. The van der Waals surface area contributed by atoms with Gasteiger partial charge in [0.1, 0.15) is 11.4 Å². The number of ether oxygens (including phenoxy) is 1. The van der Waals surface area contributed by atoms with E-state index in [1.807, 2.05) is 49.1 Å². The molecule has 3 rings (SSSR count). The number of benzene rings is 2. The monoisotopic (exact) mass is 484 g/mol. The van der Waals surface area contributed by atoms with Gasteiger partial charge in [0.25, 0.3) is 11.8 Å². The lowest BCUT2D eigenvalue weighted by Crippen LogP contribution is -2.39. The number of halogens is 1. The number of hydrogen-bond acceptors (Lipinski definition) is 3. The maximum Gasteiger partial charge on any atom is 0.270 e. The quantitative estimate of drug-likeness (QED) is 0.557. The van der Waals surface area contributed by atoms with Gasteiger partial charge in [-0.25, -0.2) is 0 Å². The Morgan fingerprint density at radius 3 is 2.32 bits per heavy atom. The molecule has 1 aliphatic rings. The van der Waals surface area contributed by atoms with Gasteiger partial charge < -0.3 is 15.0 Å². The van der Waals surface area contributed by atoms with Crippen molar-refractivity contribution in [3.63, 3.8) is 0 Å². The first kappa shape index (κ1) is 23.1. The van der Waals surface area contributed by atoms with E-state index in [1.165, 1.54) is 0 Å². The summed E-state index contributed by atoms with van der Waals surface area (Å²) >= 11 is 3.39. The summed E-state index contributed by atoms with van der Waals surface area (Å²) in [4.78, 5) is 28.0. The standard InChI is InChI=1S/C25H29BrN2O3/c1-18(2)31-22-12-10-19(11-13-22)16-23(25(30)28-14-5-3-4-6-15-28)27-24(29)20-8-7-9-21(26)17-20/h7-13,16-18H,3-6,14-15H2,1-2H3,(H,27,29)/b23-16-. The van der Waals surface area contributed by atoms with Gasteiger partial charge in [0.15, 0.2) is 0 Å². The Balaban J connectivity index is 1.86. The number of carbonyl (C=O) groups excluding carboxylic acids is 2. The average Bonchev–Trinajstić information content (AvgIpc) is 3.03. The lowest BCUT2D eigenvalue weighted by Gasteiger charge is -2.22. The maximum absolute atomic E-state index is 13.3. The summed E-state index contributed by atoms with van der Waals surface area (Å²) in [6, 6.07) is 14.6. The number of nitrogens with zero attached hydrogens (tertiary/aromatic N) is 1. The molecule has 0 unspecified atom stereocenters. The number of amides is 2. The van der Waals surface area contributed by atoms with Crippen molar-refractivity contribution in [2.24, 2.45) is 0 Å². The van der Waals surface area contributed by atoms with Gasteiger partial charge in [-0.05, 0) is 68.7 Å². The third-order valence-corrected chi connectivity index (χ3v) is 5.51. The van der Waals surface area contributed by atoms with E-state index in [9.17, 15) is 9.59 Å². The minimum atomic E-state index is -0.310. The van der Waals surface area contributed by atoms with Gasteiger partial charge in [0.2, 0.25) is 0 Å². The first-order valence-electron chi connectivity index (χ1n) is 10.8. The van der Waals surface area contributed by atoms with Gasteiger partial charge in [-0.15, -0.1) is 0 Å². The van der Waals surface area contributed by atoms with Crippen LogP contribution in [-0.4, -0.2) is 35.9 Å². The number of likely N-dealkylation sites (tertiary alicyclic amines) is 1. The van der Waals surface area contributed by atoms with E-state index < -0.39 is 0 Å². The van der Waals surface area contributed by atoms with E-state index in [-0.39, 0.29) is 23.6 Å². The fraction of sp³-hybridized carbons (Fsp3) is 0.360. The van der Waals surface area contributed by atoms with Crippen molar-refractivity contribution < 1.29 is 14.3 Å². The van der Waals surface area contributed by atoms with Crippen molar-refractivity contribution in [2.75, 3.05) is 13.1 Å². The number of hydrogen-bond donors (Lipinski definition) is 1. The Morgan fingerprint density at radius 2 is 1.71 bits per heavy atom. The molecule has 1 aliphatic heterocycles. The van der Waals surface area contributed by atoms with Gasteiger partial charge >= 0.3 is 0 Å². The Bertz CT molecular complexity index is 930. The van der Waals surface area contributed by atoms with E-state index in [0.717, 1.165) is 41.5 Å². The molecule has 0 aliphatic carbocycles. The van der Waals surface area contributed by atoms with E-state index in [0.29, 0.717) is 18.7 Å². The summed E-state index contributed by atoms with van der Waals surface area (Å²) in [5, 5.41) is 2.85. The van der Waals surface area contributed by atoms with Gasteiger partial charge in [-0.3, -0.25) is 9.59 Å². The van der Waals surface area contributed by atoms with Crippen LogP contribution in [-0.2, 0) is 4.79 Å². The van der Waals surface area contributed by atoms with E-state index in [4.69, 9.17) is 4.74 Å². The number of carbonyl (C=O) groups is 2. The fourth-order valence-corrected chi connectivity index (χ4v) is 3.90. The summed E-state index contributed by atoms with van der Waals surface area (Å²) < 4.78 is 6.50. The molecule has 0 bridgehead atoms.